The van der Waals surface area contributed by atoms with Crippen molar-refractivity contribution in [2.24, 2.45) is 0 Å². The van der Waals surface area contributed by atoms with Gasteiger partial charge in [0.1, 0.15) is 0 Å². The summed E-state index contributed by atoms with van der Waals surface area (Å²) in [6, 6.07) is 143. The third-order valence-electron chi connectivity index (χ3n) is 23.8. The first-order chi connectivity index (χ1) is 53.6. The molecular weight excluding hydrogens is 1370 g/mol. The molecule has 0 N–H and O–H groups in total. The summed E-state index contributed by atoms with van der Waals surface area (Å²) in [5.41, 5.74) is 25.4. The maximum absolute atomic E-state index is 3.24. The molecular formula is C106H97BN2Si2. The molecule has 2 nitrogen and oxygen atoms in total. The van der Waals surface area contributed by atoms with Gasteiger partial charge in [0.2, 0.25) is 0 Å². The average molecular weight is 1470 g/mol. The average Bonchev–Trinajstić information content (AvgIpc) is 0.689. The van der Waals surface area contributed by atoms with Crippen LogP contribution in [0.3, 0.4) is 0 Å². The van der Waals surface area contributed by atoms with Crippen LogP contribution >= 0.6 is 0 Å². The van der Waals surface area contributed by atoms with Crippen LogP contribution < -0.4 is 67.7 Å². The fraction of sp³-hybridized carbons (Fsp3) is 0.151. The number of rotatable bonds is 14. The van der Waals surface area contributed by atoms with E-state index in [-0.39, 0.29) is 28.4 Å². The number of fused-ring (bicyclic) bond motifs is 4. The van der Waals surface area contributed by atoms with E-state index < -0.39 is 16.1 Å². The maximum Gasteiger partial charge on any atom is 0.252 e. The first-order valence-electron chi connectivity index (χ1n) is 39.7. The van der Waals surface area contributed by atoms with Crippen molar-refractivity contribution >= 4 is 115 Å². The van der Waals surface area contributed by atoms with Crippen LogP contribution in [0.4, 0.5) is 34.1 Å². The van der Waals surface area contributed by atoms with Gasteiger partial charge in [-0.3, -0.25) is 0 Å². The monoisotopic (exact) mass is 1460 g/mol. The predicted molar refractivity (Wildman–Crippen MR) is 484 cm³/mol. The molecule has 2 aliphatic heterocycles. The van der Waals surface area contributed by atoms with Gasteiger partial charge in [-0.05, 0) is 183 Å². The van der Waals surface area contributed by atoms with Crippen LogP contribution in [-0.2, 0) is 21.7 Å². The lowest BCUT2D eigenvalue weighted by Gasteiger charge is -2.46. The molecule has 0 unspecified atom stereocenters. The molecule has 0 atom stereocenters. The second-order valence-electron chi connectivity index (χ2n) is 34.8. The summed E-state index contributed by atoms with van der Waals surface area (Å²) in [6.07, 6.45) is 0. The molecule has 2 heterocycles. The van der Waals surface area contributed by atoms with Crippen molar-refractivity contribution < 1.29 is 0 Å². The Bertz CT molecular complexity index is 5330. The van der Waals surface area contributed by atoms with Crippen molar-refractivity contribution in [3.8, 4) is 44.5 Å². The van der Waals surface area contributed by atoms with E-state index in [0.717, 1.165) is 34.1 Å². The highest BCUT2D eigenvalue weighted by Crippen LogP contribution is 2.48. The lowest BCUT2D eigenvalue weighted by molar-refractivity contribution is 0.568. The van der Waals surface area contributed by atoms with Crippen molar-refractivity contribution in [2.45, 2.75) is 105 Å². The zero-order valence-corrected chi connectivity index (χ0v) is 68.2. The molecule has 0 spiro atoms. The van der Waals surface area contributed by atoms with Crippen molar-refractivity contribution in [2.75, 3.05) is 9.80 Å². The van der Waals surface area contributed by atoms with Gasteiger partial charge in [0.25, 0.3) is 6.71 Å². The Labute approximate surface area is 661 Å². The number of hydrogen-bond donors (Lipinski definition) is 0. The number of nitrogens with zero attached hydrogens (tertiary/aromatic N) is 2. The maximum atomic E-state index is 2.70. The minimum Gasteiger partial charge on any atom is -0.312 e. The third kappa shape index (κ3) is 12.7. The molecule has 15 aromatic carbocycles. The predicted octanol–water partition coefficient (Wildman–Crippen LogP) is 20.4. The summed E-state index contributed by atoms with van der Waals surface area (Å²) in [5, 5.41) is 10.6. The third-order valence-corrected chi connectivity index (χ3v) is 33.4. The Morgan fingerprint density at radius 1 is 0.207 bits per heavy atom. The molecule has 15 aromatic rings. The lowest BCUT2D eigenvalue weighted by atomic mass is 9.33. The Kier molecular flexibility index (Phi) is 18.5. The fourth-order valence-corrected chi connectivity index (χ4v) is 28.0. The Hall–Kier alpha value is -11.6. The molecule has 0 radical (unpaired) electrons. The molecule has 0 amide bonds. The SMILES string of the molecule is CC(C)(C)c1cc(-c2ccccc2-c2ccc3c(c2)B2c4cc(-c5ccccc5-c5cc(C(C)(C)C)cc(C(C)(C)C)c5)ccc4N(c4ccccc4[Si](c4ccccc4)(c4ccccc4)c4ccccc4)c4cccc(c42)N3c2ccccc2[Si](c2ccccc2)(c2ccccc2)c2ccccc2)cc(C(C)(C)C)c1. The van der Waals surface area contributed by atoms with Crippen LogP contribution in [0.25, 0.3) is 44.5 Å². The molecule has 111 heavy (non-hydrogen) atoms. The van der Waals surface area contributed by atoms with Gasteiger partial charge in [-0.1, -0.05) is 417 Å². The van der Waals surface area contributed by atoms with Crippen LogP contribution in [0.1, 0.15) is 105 Å². The molecule has 0 saturated carbocycles. The fourth-order valence-electron chi connectivity index (χ4n) is 18.1. The first-order valence-corrected chi connectivity index (χ1v) is 43.7. The van der Waals surface area contributed by atoms with Crippen LogP contribution in [-0.4, -0.2) is 22.9 Å². The van der Waals surface area contributed by atoms with Gasteiger partial charge in [0.05, 0.1) is 0 Å². The van der Waals surface area contributed by atoms with Crippen LogP contribution in [0.2, 0.25) is 0 Å². The van der Waals surface area contributed by atoms with Gasteiger partial charge in [-0.2, -0.15) is 0 Å². The second kappa shape index (κ2) is 28.4. The van der Waals surface area contributed by atoms with Crippen LogP contribution in [0.5, 0.6) is 0 Å². The minimum absolute atomic E-state index is 0.0775. The molecule has 0 fully saturated rings. The summed E-state index contributed by atoms with van der Waals surface area (Å²) >= 11 is 0. The molecule has 5 heteroatoms. The number of para-hydroxylation sites is 2. The van der Waals surface area contributed by atoms with Crippen molar-refractivity contribution in [3.63, 3.8) is 0 Å². The smallest absolute Gasteiger partial charge is 0.252 e. The highest BCUT2D eigenvalue weighted by atomic mass is 28.3. The van der Waals surface area contributed by atoms with E-state index in [1.165, 1.54) is 125 Å². The molecule has 542 valence electrons. The van der Waals surface area contributed by atoms with E-state index in [1.807, 2.05) is 0 Å². The molecule has 0 aliphatic carbocycles. The van der Waals surface area contributed by atoms with Gasteiger partial charge >= 0.3 is 0 Å². The highest BCUT2D eigenvalue weighted by Gasteiger charge is 2.50. The van der Waals surface area contributed by atoms with Gasteiger partial charge in [-0.25, -0.2) is 0 Å². The minimum atomic E-state index is -3.24. The van der Waals surface area contributed by atoms with E-state index in [2.05, 4.69) is 463 Å². The van der Waals surface area contributed by atoms with E-state index >= 15 is 0 Å². The summed E-state index contributed by atoms with van der Waals surface area (Å²) in [6.45, 7) is 27.9. The summed E-state index contributed by atoms with van der Waals surface area (Å²) in [4.78, 5) is 5.41. The number of hydrogen-bond acceptors (Lipinski definition) is 2. The summed E-state index contributed by atoms with van der Waals surface area (Å²) < 4.78 is 0. The highest BCUT2D eigenvalue weighted by molar-refractivity contribution is 7.21. The Morgan fingerprint density at radius 2 is 0.450 bits per heavy atom. The van der Waals surface area contributed by atoms with Gasteiger partial charge in [-0.15, -0.1) is 0 Å². The Morgan fingerprint density at radius 3 is 0.730 bits per heavy atom. The van der Waals surface area contributed by atoms with Crippen LogP contribution in [0.15, 0.2) is 370 Å². The van der Waals surface area contributed by atoms with Gasteiger partial charge < -0.3 is 9.80 Å². The zero-order chi connectivity index (χ0) is 76.6. The lowest BCUT2D eigenvalue weighted by Crippen LogP contribution is -2.75. The van der Waals surface area contributed by atoms with Crippen molar-refractivity contribution in [1.29, 1.82) is 0 Å². The van der Waals surface area contributed by atoms with E-state index in [4.69, 9.17) is 0 Å². The first kappa shape index (κ1) is 72.3. The van der Waals surface area contributed by atoms with E-state index in [0.29, 0.717) is 0 Å². The van der Waals surface area contributed by atoms with Crippen LogP contribution in [0, 0.1) is 0 Å². The standard InChI is InChI=1S/C106H97BN2Si2/c1-103(2,3)78-66-76(67-79(72-78)104(4,5)6)90-54-33-31-52-88(90)74-62-64-94-92(70-74)107-93-71-75(89-53-32-34-55-91(89)77-68-80(105(7,8)9)73-81(69-77)106(10,11)12)63-65-95(93)109(97-57-36-38-61-101(97)111(85-46-25-16-26-47-85,86-48-27-17-28-49-86)87-50-29-18-30-51-87)99-59-39-58-98(102(99)107)108(94)96-56-35-37-60-100(96)110(82-40-19-13-20-41-82,83-42-21-14-22-43-83)84-44-23-15-24-45-84/h13-73H,1-12H3. The normalized spacial score (nSPS) is 13.0. The quantitative estimate of drug-likeness (QED) is 0.0791. The van der Waals surface area contributed by atoms with E-state index in [9.17, 15) is 0 Å². The molecule has 2 aliphatic rings. The number of anilines is 6. The topological polar surface area (TPSA) is 6.48 Å². The van der Waals surface area contributed by atoms with Crippen molar-refractivity contribution in [1.82, 2.24) is 0 Å². The zero-order valence-electron chi connectivity index (χ0n) is 66.2. The second-order valence-corrected chi connectivity index (χ2v) is 42.3. The number of benzene rings is 15. The van der Waals surface area contributed by atoms with Gasteiger partial charge in [0.15, 0.2) is 16.1 Å². The molecule has 0 aromatic heterocycles. The molecule has 17 rings (SSSR count). The van der Waals surface area contributed by atoms with Gasteiger partial charge in [0, 0.05) is 34.1 Å². The Balaban J connectivity index is 1.01. The molecule has 0 bridgehead atoms. The van der Waals surface area contributed by atoms with Crippen molar-refractivity contribution in [3.05, 3.63) is 392 Å². The summed E-state index contributed by atoms with van der Waals surface area (Å²) in [7, 11) is -6.49. The molecule has 0 saturated heterocycles. The van der Waals surface area contributed by atoms with E-state index in [1.54, 1.807) is 0 Å². The largest absolute Gasteiger partial charge is 0.312 e. The summed E-state index contributed by atoms with van der Waals surface area (Å²) in [5.74, 6) is 0.